The van der Waals surface area contributed by atoms with Gasteiger partial charge in [0.1, 0.15) is 0 Å². The Morgan fingerprint density at radius 1 is 1.00 bits per heavy atom. The fraction of sp³-hybridized carbons (Fsp3) is 0.0588. The zero-order chi connectivity index (χ0) is 17.9. The van der Waals surface area contributed by atoms with E-state index in [0.29, 0.717) is 28.7 Å². The molecule has 0 saturated carbocycles. The van der Waals surface area contributed by atoms with Gasteiger partial charge in [-0.15, -0.1) is 0 Å². The minimum absolute atomic E-state index is 0.279. The molecule has 0 atom stereocenters. The number of carbonyl (C=O) groups is 1. The van der Waals surface area contributed by atoms with Gasteiger partial charge in [0.25, 0.3) is 5.91 Å². The predicted octanol–water partition coefficient (Wildman–Crippen LogP) is 1.80. The number of pyridine rings is 1. The third-order valence-electron chi connectivity index (χ3n) is 3.72. The number of rotatable bonds is 4. The maximum atomic E-state index is 12.6. The fourth-order valence-corrected chi connectivity index (χ4v) is 2.45. The predicted molar refractivity (Wildman–Crippen MR) is 93.2 cm³/mol. The van der Waals surface area contributed by atoms with E-state index < -0.39 is 0 Å². The molecule has 1 N–H and O–H groups in total. The highest BCUT2D eigenvalue weighted by molar-refractivity contribution is 6.04. The fourth-order valence-electron chi connectivity index (χ4n) is 2.45. The van der Waals surface area contributed by atoms with E-state index in [1.165, 1.54) is 17.1 Å². The van der Waals surface area contributed by atoms with Gasteiger partial charge < -0.3 is 5.32 Å². The highest BCUT2D eigenvalue weighted by Gasteiger charge is 2.16. The monoisotopic (exact) mass is 346 g/mol. The van der Waals surface area contributed by atoms with Gasteiger partial charge in [-0.3, -0.25) is 4.79 Å². The molecule has 128 valence electrons. The first-order chi connectivity index (χ1) is 12.7. The van der Waals surface area contributed by atoms with Crippen molar-refractivity contribution in [1.29, 1.82) is 0 Å². The Hall–Kier alpha value is -3.88. The van der Waals surface area contributed by atoms with Crippen LogP contribution in [0.5, 0.6) is 0 Å². The third kappa shape index (κ3) is 2.93. The van der Waals surface area contributed by atoms with Crippen LogP contribution in [0.25, 0.3) is 11.8 Å². The van der Waals surface area contributed by atoms with Crippen LogP contribution in [0.1, 0.15) is 16.1 Å². The highest BCUT2D eigenvalue weighted by atomic mass is 16.1. The summed E-state index contributed by atoms with van der Waals surface area (Å²) in [5.74, 6) is 0.795. The lowest BCUT2D eigenvalue weighted by Gasteiger charge is -2.04. The van der Waals surface area contributed by atoms with Crippen LogP contribution >= 0.6 is 0 Å². The first-order valence-electron chi connectivity index (χ1n) is 7.82. The second kappa shape index (κ2) is 6.55. The van der Waals surface area contributed by atoms with Gasteiger partial charge in [0, 0.05) is 18.6 Å². The molecule has 4 aromatic rings. The van der Waals surface area contributed by atoms with Gasteiger partial charge in [-0.1, -0.05) is 6.07 Å². The molecule has 4 heterocycles. The van der Waals surface area contributed by atoms with Crippen molar-refractivity contribution in [2.45, 2.75) is 6.92 Å². The first kappa shape index (κ1) is 15.6. The van der Waals surface area contributed by atoms with E-state index in [4.69, 9.17) is 0 Å². The largest absolute Gasteiger partial charge is 0.319 e. The quantitative estimate of drug-likeness (QED) is 0.604. The molecule has 26 heavy (non-hydrogen) atoms. The summed E-state index contributed by atoms with van der Waals surface area (Å²) in [7, 11) is 0. The Kier molecular flexibility index (Phi) is 3.94. The molecule has 0 aliphatic heterocycles. The maximum absolute atomic E-state index is 12.6. The van der Waals surface area contributed by atoms with E-state index in [2.05, 4.69) is 30.5 Å². The summed E-state index contributed by atoms with van der Waals surface area (Å²) in [4.78, 5) is 25.0. The van der Waals surface area contributed by atoms with Crippen LogP contribution in [0.15, 0.2) is 61.4 Å². The SMILES string of the molecule is Cc1c(C(=O)Nc2cnn(-c3ncccn3)c2)cnn1-c1ccccn1. The molecule has 4 rings (SSSR count). The molecular formula is C17H14N8O. The molecule has 0 bridgehead atoms. The van der Waals surface area contributed by atoms with Gasteiger partial charge >= 0.3 is 0 Å². The molecule has 1 amide bonds. The number of aromatic nitrogens is 7. The van der Waals surface area contributed by atoms with Crippen LogP contribution in [0.4, 0.5) is 5.69 Å². The molecule has 0 aromatic carbocycles. The van der Waals surface area contributed by atoms with Crippen molar-refractivity contribution in [2.24, 2.45) is 0 Å². The van der Waals surface area contributed by atoms with Gasteiger partial charge in [-0.05, 0) is 25.1 Å². The van der Waals surface area contributed by atoms with E-state index in [0.717, 1.165) is 0 Å². The standard InChI is InChI=1S/C17H14N8O/c1-12-14(10-22-25(12)15-5-2-3-6-18-15)16(26)23-13-9-21-24(11-13)17-19-7-4-8-20-17/h2-11H,1H3,(H,23,26). The van der Waals surface area contributed by atoms with Crippen molar-refractivity contribution in [3.63, 3.8) is 0 Å². The Morgan fingerprint density at radius 3 is 2.58 bits per heavy atom. The van der Waals surface area contributed by atoms with Crippen molar-refractivity contribution in [2.75, 3.05) is 5.32 Å². The van der Waals surface area contributed by atoms with E-state index in [1.807, 2.05) is 25.1 Å². The van der Waals surface area contributed by atoms with E-state index >= 15 is 0 Å². The topological polar surface area (TPSA) is 103 Å². The van der Waals surface area contributed by atoms with Crippen molar-refractivity contribution in [3.05, 3.63) is 72.7 Å². The summed E-state index contributed by atoms with van der Waals surface area (Å²) >= 11 is 0. The van der Waals surface area contributed by atoms with E-state index in [9.17, 15) is 4.79 Å². The minimum atomic E-state index is -0.279. The molecule has 9 nitrogen and oxygen atoms in total. The Morgan fingerprint density at radius 2 is 1.81 bits per heavy atom. The summed E-state index contributed by atoms with van der Waals surface area (Å²) < 4.78 is 3.11. The van der Waals surface area contributed by atoms with Crippen LogP contribution in [-0.4, -0.2) is 40.4 Å². The van der Waals surface area contributed by atoms with Gasteiger partial charge in [0.15, 0.2) is 5.82 Å². The maximum Gasteiger partial charge on any atom is 0.259 e. The smallest absolute Gasteiger partial charge is 0.259 e. The molecule has 0 unspecified atom stereocenters. The normalized spacial score (nSPS) is 10.7. The summed E-state index contributed by atoms with van der Waals surface area (Å²) in [5, 5.41) is 11.2. The lowest BCUT2D eigenvalue weighted by Crippen LogP contribution is -2.13. The Labute approximate surface area is 148 Å². The molecule has 0 saturated heterocycles. The molecule has 4 aromatic heterocycles. The van der Waals surface area contributed by atoms with Crippen molar-refractivity contribution in [1.82, 2.24) is 34.5 Å². The van der Waals surface area contributed by atoms with E-state index in [-0.39, 0.29) is 5.91 Å². The Balaban J connectivity index is 1.55. The van der Waals surface area contributed by atoms with Gasteiger partial charge in [0.05, 0.1) is 35.5 Å². The number of hydrogen-bond acceptors (Lipinski definition) is 6. The van der Waals surface area contributed by atoms with Crippen LogP contribution < -0.4 is 5.32 Å². The summed E-state index contributed by atoms with van der Waals surface area (Å²) in [5.41, 5.74) is 1.69. The number of nitrogens with one attached hydrogen (secondary N) is 1. The van der Waals surface area contributed by atoms with Crippen molar-refractivity contribution < 1.29 is 4.79 Å². The molecule has 0 radical (unpaired) electrons. The second-order valence-electron chi connectivity index (χ2n) is 5.42. The molecule has 0 aliphatic rings. The van der Waals surface area contributed by atoms with Gasteiger partial charge in [-0.2, -0.15) is 10.2 Å². The second-order valence-corrected chi connectivity index (χ2v) is 5.42. The first-order valence-corrected chi connectivity index (χ1v) is 7.82. The summed E-state index contributed by atoms with van der Waals surface area (Å²) in [6.45, 7) is 1.82. The minimum Gasteiger partial charge on any atom is -0.319 e. The lowest BCUT2D eigenvalue weighted by atomic mass is 10.2. The molecule has 9 heteroatoms. The van der Waals surface area contributed by atoms with Gasteiger partial charge in [-0.25, -0.2) is 24.3 Å². The number of nitrogens with zero attached hydrogens (tertiary/aromatic N) is 7. The molecule has 0 fully saturated rings. The Bertz CT molecular complexity index is 1040. The average Bonchev–Trinajstić information content (AvgIpc) is 3.30. The lowest BCUT2D eigenvalue weighted by molar-refractivity contribution is 0.102. The number of carbonyl (C=O) groups excluding carboxylic acids is 1. The highest BCUT2D eigenvalue weighted by Crippen LogP contribution is 2.15. The zero-order valence-corrected chi connectivity index (χ0v) is 13.8. The van der Waals surface area contributed by atoms with Crippen LogP contribution in [0.3, 0.4) is 0 Å². The van der Waals surface area contributed by atoms with Crippen LogP contribution in [0, 0.1) is 6.92 Å². The van der Waals surface area contributed by atoms with Crippen LogP contribution in [0.2, 0.25) is 0 Å². The average molecular weight is 346 g/mol. The summed E-state index contributed by atoms with van der Waals surface area (Å²) in [6, 6.07) is 7.23. The van der Waals surface area contributed by atoms with Crippen molar-refractivity contribution in [3.8, 4) is 11.8 Å². The van der Waals surface area contributed by atoms with Gasteiger partial charge in [0.2, 0.25) is 5.95 Å². The third-order valence-corrected chi connectivity index (χ3v) is 3.72. The van der Waals surface area contributed by atoms with Crippen LogP contribution in [-0.2, 0) is 0 Å². The molecular weight excluding hydrogens is 332 g/mol. The van der Waals surface area contributed by atoms with E-state index in [1.54, 1.807) is 35.5 Å². The molecule has 0 spiro atoms. The number of amides is 1. The van der Waals surface area contributed by atoms with Crippen molar-refractivity contribution >= 4 is 11.6 Å². The number of anilines is 1. The molecule has 0 aliphatic carbocycles. The summed E-state index contributed by atoms with van der Waals surface area (Å²) in [6.07, 6.45) is 9.62. The zero-order valence-electron chi connectivity index (χ0n) is 13.8. The number of hydrogen-bond donors (Lipinski definition) is 1.